The van der Waals surface area contributed by atoms with Crippen LogP contribution in [0.5, 0.6) is 0 Å². The predicted molar refractivity (Wildman–Crippen MR) is 66.9 cm³/mol. The maximum atomic E-state index is 11.6. The Kier molecular flexibility index (Phi) is 3.68. The van der Waals surface area contributed by atoms with Crippen molar-refractivity contribution in [2.24, 2.45) is 0 Å². The Balaban J connectivity index is 1.93. The quantitative estimate of drug-likeness (QED) is 0.937. The summed E-state index contributed by atoms with van der Waals surface area (Å²) < 4.78 is 6.00. The summed E-state index contributed by atoms with van der Waals surface area (Å²) in [7, 11) is 0. The first-order valence-electron chi connectivity index (χ1n) is 4.41. The molecule has 0 aromatic carbocycles. The minimum Gasteiger partial charge on any atom is -0.440 e. The summed E-state index contributed by atoms with van der Waals surface area (Å²) in [5, 5.41) is 4.92. The average Bonchev–Trinajstić information content (AvgIpc) is 2.84. The molecule has 0 radical (unpaired) electrons. The molecule has 0 fully saturated rings. The van der Waals surface area contributed by atoms with Gasteiger partial charge in [-0.25, -0.2) is 0 Å². The van der Waals surface area contributed by atoms with Crippen LogP contribution in [0.4, 0.5) is 0 Å². The van der Waals surface area contributed by atoms with Gasteiger partial charge in [-0.05, 0) is 45.7 Å². The molecule has 0 bridgehead atoms. The molecule has 0 saturated heterocycles. The van der Waals surface area contributed by atoms with Gasteiger partial charge in [-0.1, -0.05) is 0 Å². The van der Waals surface area contributed by atoms with Gasteiger partial charge in [0.05, 0.1) is 6.54 Å². The lowest BCUT2D eigenvalue weighted by Crippen LogP contribution is -2.21. The molecule has 0 atom stereocenters. The third-order valence-corrected chi connectivity index (χ3v) is 3.74. The molecule has 16 heavy (non-hydrogen) atoms. The fourth-order valence-corrected chi connectivity index (χ4v) is 2.67. The van der Waals surface area contributed by atoms with Crippen molar-refractivity contribution in [2.75, 3.05) is 0 Å². The number of halogens is 2. The lowest BCUT2D eigenvalue weighted by atomic mass is 10.4. The van der Waals surface area contributed by atoms with Crippen molar-refractivity contribution in [3.05, 3.63) is 43.9 Å². The zero-order chi connectivity index (χ0) is 11.5. The Morgan fingerprint density at radius 1 is 1.56 bits per heavy atom. The van der Waals surface area contributed by atoms with Crippen LogP contribution < -0.4 is 5.32 Å². The van der Waals surface area contributed by atoms with Crippen molar-refractivity contribution in [3.63, 3.8) is 0 Å². The Bertz CT molecular complexity index is 508. The maximum Gasteiger partial charge on any atom is 0.287 e. The number of thiophene rings is 1. The fraction of sp³-hybridized carbons (Fsp3) is 0.100. The molecule has 1 amide bonds. The summed E-state index contributed by atoms with van der Waals surface area (Å²) in [5.41, 5.74) is 0. The van der Waals surface area contributed by atoms with Gasteiger partial charge in [0.1, 0.15) is 0 Å². The summed E-state index contributed by atoms with van der Waals surface area (Å²) in [6, 6.07) is 5.04. The SMILES string of the molecule is O=C(NCc1cc(Br)cs1)c1ccc(Cl)o1. The molecule has 0 spiro atoms. The second-order valence-electron chi connectivity index (χ2n) is 3.02. The highest BCUT2D eigenvalue weighted by Crippen LogP contribution is 2.19. The van der Waals surface area contributed by atoms with Crippen molar-refractivity contribution < 1.29 is 9.21 Å². The summed E-state index contributed by atoms with van der Waals surface area (Å²) in [6.07, 6.45) is 0. The summed E-state index contributed by atoms with van der Waals surface area (Å²) >= 11 is 10.5. The third kappa shape index (κ3) is 2.87. The zero-order valence-corrected chi connectivity index (χ0v) is 11.2. The Hall–Kier alpha value is -0.780. The molecular formula is C10H7BrClNO2S. The van der Waals surface area contributed by atoms with Gasteiger partial charge in [-0.2, -0.15) is 0 Å². The minimum absolute atomic E-state index is 0.212. The number of carbonyl (C=O) groups excluding carboxylic acids is 1. The molecule has 0 aliphatic carbocycles. The average molecular weight is 321 g/mol. The Morgan fingerprint density at radius 2 is 2.38 bits per heavy atom. The van der Waals surface area contributed by atoms with Gasteiger partial charge in [0.25, 0.3) is 5.91 Å². The zero-order valence-electron chi connectivity index (χ0n) is 8.00. The standard InChI is InChI=1S/C10H7BrClNO2S/c11-6-3-7(16-5-6)4-13-10(14)8-1-2-9(12)15-8/h1-3,5H,4H2,(H,13,14). The highest BCUT2D eigenvalue weighted by molar-refractivity contribution is 9.10. The Morgan fingerprint density at radius 3 is 2.94 bits per heavy atom. The van der Waals surface area contributed by atoms with E-state index in [1.807, 2.05) is 11.4 Å². The van der Waals surface area contributed by atoms with Crippen LogP contribution in [0, 0.1) is 0 Å². The number of furan rings is 1. The van der Waals surface area contributed by atoms with Crippen LogP contribution in [-0.2, 0) is 6.54 Å². The van der Waals surface area contributed by atoms with Gasteiger partial charge in [-0.15, -0.1) is 11.3 Å². The number of hydrogen-bond acceptors (Lipinski definition) is 3. The number of carbonyl (C=O) groups is 1. The van der Waals surface area contributed by atoms with Crippen molar-refractivity contribution in [1.82, 2.24) is 5.32 Å². The highest BCUT2D eigenvalue weighted by Gasteiger charge is 2.10. The molecule has 2 aromatic heterocycles. The first kappa shape index (κ1) is 11.7. The lowest BCUT2D eigenvalue weighted by Gasteiger charge is -1.99. The number of rotatable bonds is 3. The van der Waals surface area contributed by atoms with E-state index in [4.69, 9.17) is 16.0 Å². The van der Waals surface area contributed by atoms with Gasteiger partial charge < -0.3 is 9.73 Å². The summed E-state index contributed by atoms with van der Waals surface area (Å²) in [6.45, 7) is 0.480. The Labute approximate surface area is 110 Å². The number of hydrogen-bond donors (Lipinski definition) is 1. The van der Waals surface area contributed by atoms with E-state index in [0.717, 1.165) is 9.35 Å². The summed E-state index contributed by atoms with van der Waals surface area (Å²) in [5.74, 6) is -0.0444. The molecule has 3 nitrogen and oxygen atoms in total. The molecule has 2 rings (SSSR count). The van der Waals surface area contributed by atoms with Crippen molar-refractivity contribution in [1.29, 1.82) is 0 Å². The van der Waals surface area contributed by atoms with Crippen LogP contribution in [-0.4, -0.2) is 5.91 Å². The molecular weight excluding hydrogens is 314 g/mol. The van der Waals surface area contributed by atoms with Crippen LogP contribution in [0.2, 0.25) is 5.22 Å². The van der Waals surface area contributed by atoms with Crippen molar-refractivity contribution in [2.45, 2.75) is 6.54 Å². The van der Waals surface area contributed by atoms with Crippen LogP contribution >= 0.6 is 38.9 Å². The van der Waals surface area contributed by atoms with E-state index in [0.29, 0.717) is 6.54 Å². The molecule has 0 aliphatic rings. The molecule has 6 heteroatoms. The molecule has 2 aromatic rings. The van der Waals surface area contributed by atoms with Crippen molar-refractivity contribution in [3.8, 4) is 0 Å². The second-order valence-corrected chi connectivity index (χ2v) is 5.30. The van der Waals surface area contributed by atoms with Crippen molar-refractivity contribution >= 4 is 44.8 Å². The van der Waals surface area contributed by atoms with E-state index in [1.54, 1.807) is 17.4 Å². The van der Waals surface area contributed by atoms with Crippen LogP contribution in [0.1, 0.15) is 15.4 Å². The van der Waals surface area contributed by atoms with Gasteiger partial charge >= 0.3 is 0 Å². The number of amides is 1. The first-order valence-corrected chi connectivity index (χ1v) is 6.46. The van der Waals surface area contributed by atoms with E-state index in [1.165, 1.54) is 6.07 Å². The van der Waals surface area contributed by atoms with E-state index < -0.39 is 0 Å². The first-order chi connectivity index (χ1) is 7.65. The lowest BCUT2D eigenvalue weighted by molar-refractivity contribution is 0.0923. The van der Waals surface area contributed by atoms with E-state index in [2.05, 4.69) is 21.2 Å². The highest BCUT2D eigenvalue weighted by atomic mass is 79.9. The van der Waals surface area contributed by atoms with Crippen LogP contribution in [0.15, 0.2) is 32.5 Å². The van der Waals surface area contributed by atoms with Gasteiger partial charge in [-0.3, -0.25) is 4.79 Å². The van der Waals surface area contributed by atoms with Gasteiger partial charge in [0.15, 0.2) is 11.0 Å². The normalized spacial score (nSPS) is 10.4. The molecule has 0 saturated carbocycles. The van der Waals surface area contributed by atoms with E-state index in [9.17, 15) is 4.79 Å². The molecule has 2 heterocycles. The predicted octanol–water partition coefficient (Wildman–Crippen LogP) is 3.69. The summed E-state index contributed by atoms with van der Waals surface area (Å²) in [4.78, 5) is 12.6. The van der Waals surface area contributed by atoms with Gasteiger partial charge in [0, 0.05) is 14.7 Å². The fourth-order valence-electron chi connectivity index (χ4n) is 1.14. The topological polar surface area (TPSA) is 42.2 Å². The van der Waals surface area contributed by atoms with Crippen LogP contribution in [0.25, 0.3) is 0 Å². The minimum atomic E-state index is -0.267. The number of nitrogens with one attached hydrogen (secondary N) is 1. The monoisotopic (exact) mass is 319 g/mol. The molecule has 0 aliphatic heterocycles. The van der Waals surface area contributed by atoms with E-state index >= 15 is 0 Å². The maximum absolute atomic E-state index is 11.6. The molecule has 84 valence electrons. The largest absolute Gasteiger partial charge is 0.440 e. The molecule has 0 unspecified atom stereocenters. The third-order valence-electron chi connectivity index (χ3n) is 1.84. The van der Waals surface area contributed by atoms with Crippen LogP contribution in [0.3, 0.4) is 0 Å². The molecule has 1 N–H and O–H groups in total. The van der Waals surface area contributed by atoms with E-state index in [-0.39, 0.29) is 16.9 Å². The van der Waals surface area contributed by atoms with Gasteiger partial charge in [0.2, 0.25) is 0 Å². The smallest absolute Gasteiger partial charge is 0.287 e. The second kappa shape index (κ2) is 5.03.